The number of nitrogens with zero attached hydrogens (tertiary/aromatic N) is 2. The van der Waals surface area contributed by atoms with Crippen LogP contribution in [0.3, 0.4) is 0 Å². The van der Waals surface area contributed by atoms with Crippen molar-refractivity contribution in [3.05, 3.63) is 17.3 Å². The van der Waals surface area contributed by atoms with Crippen LogP contribution >= 0.6 is 0 Å². The molecule has 0 radical (unpaired) electrons. The highest BCUT2D eigenvalue weighted by atomic mass is 15.3. The van der Waals surface area contributed by atoms with Crippen molar-refractivity contribution in [1.82, 2.24) is 15.8 Å². The summed E-state index contributed by atoms with van der Waals surface area (Å²) < 4.78 is 0. The predicted octanol–water partition coefficient (Wildman–Crippen LogP) is 3.59. The lowest BCUT2D eigenvalue weighted by Crippen LogP contribution is -2.35. The van der Waals surface area contributed by atoms with Crippen LogP contribution in [0.2, 0.25) is 0 Å². The molecular weight excluding hydrogens is 298 g/mol. The van der Waals surface area contributed by atoms with Gasteiger partial charge in [0.05, 0.1) is 5.69 Å². The Labute approximate surface area is 147 Å². The van der Waals surface area contributed by atoms with Crippen molar-refractivity contribution in [1.29, 1.82) is 0 Å². The van der Waals surface area contributed by atoms with Crippen LogP contribution in [0.15, 0.2) is 6.20 Å². The average Bonchev–Trinajstić information content (AvgIpc) is 2.73. The number of rotatable bonds is 9. The van der Waals surface area contributed by atoms with Gasteiger partial charge in [-0.3, -0.25) is 10.9 Å². The lowest BCUT2D eigenvalue weighted by molar-refractivity contribution is 0.547. The number of fused-ring (bicyclic) bond motifs is 1. The van der Waals surface area contributed by atoms with Crippen LogP contribution in [0, 0.1) is 6.92 Å². The standard InChI is InChI=1S/C19H35N5/c1-5-7-8-9-12-24-15(3)10-11-20-19-18(24)16(4)17(13-21-19)14-23-22-6-2/h13,15,22-23H,5-12,14H2,1-4H3,(H,20,21). The Hall–Kier alpha value is -1.33. The Balaban J connectivity index is 2.20. The first-order chi connectivity index (χ1) is 11.7. The van der Waals surface area contributed by atoms with Gasteiger partial charge in [-0.1, -0.05) is 33.1 Å². The van der Waals surface area contributed by atoms with Crippen molar-refractivity contribution < 1.29 is 0 Å². The van der Waals surface area contributed by atoms with Gasteiger partial charge in [-0.15, -0.1) is 0 Å². The molecule has 0 aromatic carbocycles. The third-order valence-electron chi connectivity index (χ3n) is 4.92. The molecule has 0 bridgehead atoms. The van der Waals surface area contributed by atoms with E-state index in [1.54, 1.807) is 0 Å². The summed E-state index contributed by atoms with van der Waals surface area (Å²) in [7, 11) is 0. The second-order valence-corrected chi connectivity index (χ2v) is 6.81. The predicted molar refractivity (Wildman–Crippen MR) is 104 cm³/mol. The number of unbranched alkanes of at least 4 members (excludes halogenated alkanes) is 3. The molecule has 0 spiro atoms. The zero-order valence-corrected chi connectivity index (χ0v) is 15.9. The van der Waals surface area contributed by atoms with E-state index in [2.05, 4.69) is 48.8 Å². The first kappa shape index (κ1) is 19.0. The summed E-state index contributed by atoms with van der Waals surface area (Å²) in [5.41, 5.74) is 10.4. The minimum atomic E-state index is 0.554. The normalized spacial score (nSPS) is 17.3. The SMILES string of the molecule is CCCCCCN1c2c(ncc(CNNCC)c2C)NCCC1C. The highest BCUT2D eigenvalue weighted by Gasteiger charge is 2.24. The zero-order chi connectivity index (χ0) is 17.4. The summed E-state index contributed by atoms with van der Waals surface area (Å²) in [5, 5.41) is 3.53. The maximum absolute atomic E-state index is 4.73. The summed E-state index contributed by atoms with van der Waals surface area (Å²) in [6.07, 6.45) is 8.37. The number of hydrazine groups is 1. The van der Waals surface area contributed by atoms with Gasteiger partial charge in [0, 0.05) is 38.4 Å². The van der Waals surface area contributed by atoms with Gasteiger partial charge in [-0.05, 0) is 37.8 Å². The van der Waals surface area contributed by atoms with Crippen LogP contribution in [0.4, 0.5) is 11.5 Å². The monoisotopic (exact) mass is 333 g/mol. The van der Waals surface area contributed by atoms with Crippen LogP contribution in [-0.2, 0) is 6.54 Å². The van der Waals surface area contributed by atoms with E-state index in [1.807, 2.05) is 6.20 Å². The minimum Gasteiger partial charge on any atom is -0.368 e. The molecule has 2 rings (SSSR count). The van der Waals surface area contributed by atoms with E-state index in [4.69, 9.17) is 4.98 Å². The van der Waals surface area contributed by atoms with Gasteiger partial charge in [-0.2, -0.15) is 0 Å². The Bertz CT molecular complexity index is 503. The van der Waals surface area contributed by atoms with Crippen molar-refractivity contribution in [3.8, 4) is 0 Å². The van der Waals surface area contributed by atoms with Gasteiger partial charge in [0.15, 0.2) is 0 Å². The summed E-state index contributed by atoms with van der Waals surface area (Å²) in [5.74, 6) is 1.06. The van der Waals surface area contributed by atoms with Crippen LogP contribution in [-0.4, -0.2) is 30.7 Å². The van der Waals surface area contributed by atoms with Crippen molar-refractivity contribution >= 4 is 11.5 Å². The van der Waals surface area contributed by atoms with Gasteiger partial charge in [-0.25, -0.2) is 4.98 Å². The fourth-order valence-electron chi connectivity index (χ4n) is 3.39. The number of anilines is 2. The summed E-state index contributed by atoms with van der Waals surface area (Å²) in [6, 6.07) is 0.554. The van der Waals surface area contributed by atoms with Crippen LogP contribution in [0.5, 0.6) is 0 Å². The summed E-state index contributed by atoms with van der Waals surface area (Å²) in [6.45, 7) is 12.8. The summed E-state index contributed by atoms with van der Waals surface area (Å²) >= 11 is 0. The molecule has 24 heavy (non-hydrogen) atoms. The molecule has 5 nitrogen and oxygen atoms in total. The molecule has 0 saturated carbocycles. The smallest absolute Gasteiger partial charge is 0.149 e. The van der Waals surface area contributed by atoms with E-state index in [-0.39, 0.29) is 0 Å². The van der Waals surface area contributed by atoms with E-state index in [1.165, 1.54) is 42.5 Å². The van der Waals surface area contributed by atoms with Crippen LogP contribution in [0.1, 0.15) is 64.0 Å². The molecule has 1 aliphatic rings. The maximum Gasteiger partial charge on any atom is 0.149 e. The first-order valence-electron chi connectivity index (χ1n) is 9.63. The number of hydrogen-bond donors (Lipinski definition) is 3. The Morgan fingerprint density at radius 2 is 2.08 bits per heavy atom. The molecule has 1 atom stereocenters. The van der Waals surface area contributed by atoms with Gasteiger partial charge in [0.2, 0.25) is 0 Å². The largest absolute Gasteiger partial charge is 0.368 e. The highest BCUT2D eigenvalue weighted by Crippen LogP contribution is 2.34. The second kappa shape index (κ2) is 9.84. The third-order valence-corrected chi connectivity index (χ3v) is 4.92. The van der Waals surface area contributed by atoms with E-state index in [0.717, 1.165) is 38.4 Å². The molecule has 0 saturated heterocycles. The van der Waals surface area contributed by atoms with Gasteiger partial charge < -0.3 is 10.2 Å². The molecule has 1 unspecified atom stereocenters. The van der Waals surface area contributed by atoms with E-state index in [0.29, 0.717) is 6.04 Å². The second-order valence-electron chi connectivity index (χ2n) is 6.81. The van der Waals surface area contributed by atoms with Crippen LogP contribution < -0.4 is 21.1 Å². The molecular formula is C19H35N5. The molecule has 0 aliphatic carbocycles. The number of aromatic nitrogens is 1. The fraction of sp³-hybridized carbons (Fsp3) is 0.737. The van der Waals surface area contributed by atoms with Gasteiger partial charge in [0.1, 0.15) is 5.82 Å². The highest BCUT2D eigenvalue weighted by molar-refractivity contribution is 5.72. The van der Waals surface area contributed by atoms with E-state index < -0.39 is 0 Å². The van der Waals surface area contributed by atoms with Gasteiger partial charge >= 0.3 is 0 Å². The quantitative estimate of drug-likeness (QED) is 0.476. The lowest BCUT2D eigenvalue weighted by Gasteiger charge is -2.32. The maximum atomic E-state index is 4.73. The zero-order valence-electron chi connectivity index (χ0n) is 15.9. The number of hydrogen-bond acceptors (Lipinski definition) is 5. The molecule has 2 heterocycles. The van der Waals surface area contributed by atoms with Gasteiger partial charge in [0.25, 0.3) is 0 Å². The molecule has 0 amide bonds. The lowest BCUT2D eigenvalue weighted by atomic mass is 10.1. The molecule has 1 aliphatic heterocycles. The summed E-state index contributed by atoms with van der Waals surface area (Å²) in [4.78, 5) is 7.31. The van der Waals surface area contributed by atoms with Crippen molar-refractivity contribution in [2.24, 2.45) is 0 Å². The minimum absolute atomic E-state index is 0.554. The van der Waals surface area contributed by atoms with Crippen molar-refractivity contribution in [2.45, 2.75) is 72.4 Å². The Morgan fingerprint density at radius 1 is 1.25 bits per heavy atom. The molecule has 3 N–H and O–H groups in total. The fourth-order valence-corrected chi connectivity index (χ4v) is 3.39. The topological polar surface area (TPSA) is 52.2 Å². The molecule has 1 aromatic rings. The number of nitrogens with one attached hydrogen (secondary N) is 3. The third kappa shape index (κ3) is 4.84. The Morgan fingerprint density at radius 3 is 2.83 bits per heavy atom. The Kier molecular flexibility index (Phi) is 7.79. The van der Waals surface area contributed by atoms with Crippen molar-refractivity contribution in [3.63, 3.8) is 0 Å². The molecule has 136 valence electrons. The van der Waals surface area contributed by atoms with E-state index >= 15 is 0 Å². The van der Waals surface area contributed by atoms with E-state index in [9.17, 15) is 0 Å². The first-order valence-corrected chi connectivity index (χ1v) is 9.63. The molecule has 5 heteroatoms. The average molecular weight is 334 g/mol. The molecule has 0 fully saturated rings. The van der Waals surface area contributed by atoms with Crippen LogP contribution in [0.25, 0.3) is 0 Å². The number of pyridine rings is 1. The molecule has 1 aromatic heterocycles. The van der Waals surface area contributed by atoms with Crippen molar-refractivity contribution in [2.75, 3.05) is 29.9 Å².